The maximum Gasteiger partial charge on any atom is 0.164 e. The quantitative estimate of drug-likeness (QED) is 0.651. The van der Waals surface area contributed by atoms with Gasteiger partial charge < -0.3 is 9.30 Å². The number of fused-ring (bicyclic) bond motifs is 1. The van der Waals surface area contributed by atoms with Crippen LogP contribution in [0.2, 0.25) is 0 Å². The highest BCUT2D eigenvalue weighted by Gasteiger charge is 2.28. The summed E-state index contributed by atoms with van der Waals surface area (Å²) in [6, 6.07) is 18.6. The van der Waals surface area contributed by atoms with E-state index in [0.717, 1.165) is 40.4 Å². The van der Waals surface area contributed by atoms with Gasteiger partial charge in [-0.05, 0) is 55.2 Å². The van der Waals surface area contributed by atoms with Crippen molar-refractivity contribution in [1.29, 1.82) is 0 Å². The molecule has 0 aliphatic heterocycles. The summed E-state index contributed by atoms with van der Waals surface area (Å²) in [4.78, 5) is 12.6. The SMILES string of the molecule is COc1ccc(-n2c(-c3ccc(C)cc3)cc3c2C[C@H](C)CC3=O)cc1. The highest BCUT2D eigenvalue weighted by Crippen LogP contribution is 2.35. The van der Waals surface area contributed by atoms with Crippen molar-refractivity contribution in [2.45, 2.75) is 26.7 Å². The molecule has 0 amide bonds. The Labute approximate surface area is 154 Å². The Morgan fingerprint density at radius 1 is 1.00 bits per heavy atom. The van der Waals surface area contributed by atoms with Crippen LogP contribution in [0.1, 0.15) is 35.0 Å². The summed E-state index contributed by atoms with van der Waals surface area (Å²) in [6.07, 6.45) is 1.55. The van der Waals surface area contributed by atoms with E-state index in [1.54, 1.807) is 7.11 Å². The number of carbonyl (C=O) groups is 1. The average molecular weight is 345 g/mol. The van der Waals surface area contributed by atoms with Crippen LogP contribution >= 0.6 is 0 Å². The van der Waals surface area contributed by atoms with Gasteiger partial charge in [0.05, 0.1) is 12.8 Å². The van der Waals surface area contributed by atoms with Gasteiger partial charge in [0.25, 0.3) is 0 Å². The van der Waals surface area contributed by atoms with E-state index in [-0.39, 0.29) is 5.78 Å². The molecule has 0 radical (unpaired) electrons. The highest BCUT2D eigenvalue weighted by atomic mass is 16.5. The second-order valence-electron chi connectivity index (χ2n) is 7.23. The normalized spacial score (nSPS) is 16.4. The first-order valence-electron chi connectivity index (χ1n) is 9.06. The number of Topliss-reactive ketones (excluding diaryl/α,β-unsaturated/α-hetero) is 1. The van der Waals surface area contributed by atoms with Crippen molar-refractivity contribution < 1.29 is 9.53 Å². The van der Waals surface area contributed by atoms with Gasteiger partial charge in [0.15, 0.2) is 5.78 Å². The Kier molecular flexibility index (Phi) is 4.15. The number of nitrogens with zero attached hydrogens (tertiary/aromatic N) is 1. The van der Waals surface area contributed by atoms with Crippen LogP contribution in [0.25, 0.3) is 16.9 Å². The molecular weight excluding hydrogens is 322 g/mol. The zero-order valence-electron chi connectivity index (χ0n) is 15.5. The molecule has 0 unspecified atom stereocenters. The predicted octanol–water partition coefficient (Wildman–Crippen LogP) is 5.23. The maximum absolute atomic E-state index is 12.6. The van der Waals surface area contributed by atoms with Crippen LogP contribution in [0.4, 0.5) is 0 Å². The molecule has 26 heavy (non-hydrogen) atoms. The fourth-order valence-corrected chi connectivity index (χ4v) is 3.78. The Morgan fingerprint density at radius 2 is 1.69 bits per heavy atom. The number of methoxy groups -OCH3 is 1. The van der Waals surface area contributed by atoms with Gasteiger partial charge in [0.2, 0.25) is 0 Å². The number of hydrogen-bond donors (Lipinski definition) is 0. The van der Waals surface area contributed by atoms with E-state index in [1.807, 2.05) is 12.1 Å². The van der Waals surface area contributed by atoms with Crippen molar-refractivity contribution in [2.75, 3.05) is 7.11 Å². The fourth-order valence-electron chi connectivity index (χ4n) is 3.78. The smallest absolute Gasteiger partial charge is 0.164 e. The van der Waals surface area contributed by atoms with Gasteiger partial charge in [-0.1, -0.05) is 36.8 Å². The zero-order chi connectivity index (χ0) is 18.3. The summed E-state index contributed by atoms with van der Waals surface area (Å²) in [7, 11) is 1.67. The lowest BCUT2D eigenvalue weighted by Gasteiger charge is -2.21. The molecule has 1 heterocycles. The second-order valence-corrected chi connectivity index (χ2v) is 7.23. The largest absolute Gasteiger partial charge is 0.497 e. The third-order valence-corrected chi connectivity index (χ3v) is 5.16. The summed E-state index contributed by atoms with van der Waals surface area (Å²) in [5.74, 6) is 1.45. The van der Waals surface area contributed by atoms with Crippen molar-refractivity contribution in [2.24, 2.45) is 5.92 Å². The van der Waals surface area contributed by atoms with Gasteiger partial charge in [0.1, 0.15) is 5.75 Å². The van der Waals surface area contributed by atoms with Gasteiger partial charge in [-0.25, -0.2) is 0 Å². The Hall–Kier alpha value is -2.81. The van der Waals surface area contributed by atoms with E-state index in [2.05, 4.69) is 60.9 Å². The van der Waals surface area contributed by atoms with Crippen LogP contribution in [0, 0.1) is 12.8 Å². The molecule has 3 heteroatoms. The molecule has 2 aromatic carbocycles. The van der Waals surface area contributed by atoms with Crippen LogP contribution < -0.4 is 4.74 Å². The molecule has 0 N–H and O–H groups in total. The molecule has 1 aliphatic rings. The van der Waals surface area contributed by atoms with Gasteiger partial charge in [-0.2, -0.15) is 0 Å². The standard InChI is InChI=1S/C23H23NO2/c1-15-4-6-17(7-5-15)21-14-20-22(12-16(2)13-23(20)25)24(21)18-8-10-19(26-3)11-9-18/h4-11,14,16H,12-13H2,1-3H3/t16-/m0/s1. The molecule has 0 bridgehead atoms. The number of benzene rings is 2. The van der Waals surface area contributed by atoms with Crippen molar-refractivity contribution in [3.63, 3.8) is 0 Å². The topological polar surface area (TPSA) is 31.2 Å². The molecular formula is C23H23NO2. The lowest BCUT2D eigenvalue weighted by atomic mass is 9.88. The van der Waals surface area contributed by atoms with E-state index in [9.17, 15) is 4.79 Å². The van der Waals surface area contributed by atoms with Gasteiger partial charge in [-0.15, -0.1) is 0 Å². The van der Waals surface area contributed by atoms with E-state index >= 15 is 0 Å². The van der Waals surface area contributed by atoms with Gasteiger partial charge in [0, 0.05) is 23.4 Å². The monoisotopic (exact) mass is 345 g/mol. The molecule has 3 aromatic rings. The minimum absolute atomic E-state index is 0.249. The molecule has 0 spiro atoms. The third-order valence-electron chi connectivity index (χ3n) is 5.16. The fraction of sp³-hybridized carbons (Fsp3) is 0.261. The number of ketones is 1. The molecule has 0 saturated heterocycles. The number of aromatic nitrogens is 1. The van der Waals surface area contributed by atoms with Crippen LogP contribution in [0.5, 0.6) is 5.75 Å². The summed E-state index contributed by atoms with van der Waals surface area (Å²) in [5, 5.41) is 0. The second kappa shape index (κ2) is 6.49. The molecule has 0 saturated carbocycles. The van der Waals surface area contributed by atoms with Crippen LogP contribution in [-0.4, -0.2) is 17.5 Å². The lowest BCUT2D eigenvalue weighted by molar-refractivity contribution is 0.0952. The Morgan fingerprint density at radius 3 is 2.35 bits per heavy atom. The number of rotatable bonds is 3. The maximum atomic E-state index is 12.6. The molecule has 132 valence electrons. The van der Waals surface area contributed by atoms with E-state index in [1.165, 1.54) is 5.56 Å². The molecule has 1 aromatic heterocycles. The predicted molar refractivity (Wildman–Crippen MR) is 104 cm³/mol. The van der Waals surface area contributed by atoms with Crippen molar-refractivity contribution in [1.82, 2.24) is 4.57 Å². The summed E-state index contributed by atoms with van der Waals surface area (Å²) < 4.78 is 7.54. The molecule has 1 atom stereocenters. The van der Waals surface area contributed by atoms with Crippen molar-refractivity contribution in [3.05, 3.63) is 71.4 Å². The summed E-state index contributed by atoms with van der Waals surface area (Å²) >= 11 is 0. The van der Waals surface area contributed by atoms with Crippen LogP contribution in [0.3, 0.4) is 0 Å². The van der Waals surface area contributed by atoms with Crippen molar-refractivity contribution >= 4 is 5.78 Å². The summed E-state index contributed by atoms with van der Waals surface area (Å²) in [5.41, 5.74) is 6.48. The first-order valence-corrected chi connectivity index (χ1v) is 9.06. The highest BCUT2D eigenvalue weighted by molar-refractivity contribution is 6.00. The average Bonchev–Trinajstić information content (AvgIpc) is 3.02. The number of aryl methyl sites for hydroxylation is 1. The summed E-state index contributed by atoms with van der Waals surface area (Å²) in [6.45, 7) is 4.24. The van der Waals surface area contributed by atoms with Crippen LogP contribution in [0.15, 0.2) is 54.6 Å². The minimum atomic E-state index is 0.249. The van der Waals surface area contributed by atoms with E-state index in [0.29, 0.717) is 12.3 Å². The lowest BCUT2D eigenvalue weighted by Crippen LogP contribution is -2.19. The van der Waals surface area contributed by atoms with Gasteiger partial charge in [-0.3, -0.25) is 4.79 Å². The minimum Gasteiger partial charge on any atom is -0.497 e. The van der Waals surface area contributed by atoms with Crippen LogP contribution in [-0.2, 0) is 6.42 Å². The Balaban J connectivity index is 1.94. The number of ether oxygens (including phenoxy) is 1. The van der Waals surface area contributed by atoms with E-state index in [4.69, 9.17) is 4.74 Å². The number of hydrogen-bond acceptors (Lipinski definition) is 2. The van der Waals surface area contributed by atoms with E-state index < -0.39 is 0 Å². The molecule has 1 aliphatic carbocycles. The number of carbonyl (C=O) groups excluding carboxylic acids is 1. The third kappa shape index (κ3) is 2.84. The molecule has 3 nitrogen and oxygen atoms in total. The Bertz CT molecular complexity index is 949. The zero-order valence-corrected chi connectivity index (χ0v) is 15.5. The van der Waals surface area contributed by atoms with Gasteiger partial charge >= 0.3 is 0 Å². The first kappa shape index (κ1) is 16.6. The van der Waals surface area contributed by atoms with Crippen molar-refractivity contribution in [3.8, 4) is 22.7 Å². The molecule has 0 fully saturated rings. The first-order chi connectivity index (χ1) is 12.6. The molecule has 4 rings (SSSR count).